The van der Waals surface area contributed by atoms with E-state index in [4.69, 9.17) is 9.16 Å². The molecule has 0 aromatic heterocycles. The number of carbonyl (C=O) groups excluding carboxylic acids is 1. The summed E-state index contributed by atoms with van der Waals surface area (Å²) in [5.74, 6) is 3.53. The van der Waals surface area contributed by atoms with Crippen molar-refractivity contribution in [3.05, 3.63) is 47.5 Å². The van der Waals surface area contributed by atoms with Crippen molar-refractivity contribution in [2.24, 2.45) is 45.8 Å². The van der Waals surface area contributed by atoms with Crippen molar-refractivity contribution in [2.75, 3.05) is 6.61 Å². The number of fused-ring (bicyclic) bond motifs is 5. The molecule has 228 valence electrons. The van der Waals surface area contributed by atoms with Gasteiger partial charge in [0.2, 0.25) is 0 Å². The summed E-state index contributed by atoms with van der Waals surface area (Å²) < 4.78 is 13.0. The number of benzene rings is 1. The molecule has 0 heterocycles. The van der Waals surface area contributed by atoms with Gasteiger partial charge in [-0.25, -0.2) is 4.79 Å². The van der Waals surface area contributed by atoms with Crippen molar-refractivity contribution in [3.8, 4) is 0 Å². The molecule has 8 atom stereocenters. The summed E-state index contributed by atoms with van der Waals surface area (Å²) in [5, 5.41) is 0.265. The van der Waals surface area contributed by atoms with Gasteiger partial charge in [-0.3, -0.25) is 0 Å². The first-order chi connectivity index (χ1) is 19.0. The zero-order valence-electron chi connectivity index (χ0n) is 27.8. The molecular formula is C37H58O3Si. The van der Waals surface area contributed by atoms with Gasteiger partial charge in [-0.1, -0.05) is 85.2 Å². The fraction of sp³-hybridized carbons (Fsp3) is 0.757. The standard InChI is InChI=1S/C37H58O3Si/c1-25(24-39-41(9,10)34(2,3)4)28-17-18-29-27-16-19-31-35(5,6)32(40-33(38)26-14-12-11-13-15-26)21-23-37(31,8)30(27)20-22-36(28,29)7/h11-15,19,25,27-30,32H,16-18,20-24H2,1-10H3/t25-,27+,28-,29+,30+,32+,36-,37-/m1/s1. The molecule has 1 aromatic rings. The minimum Gasteiger partial charge on any atom is -0.458 e. The molecule has 0 aliphatic heterocycles. The molecule has 0 amide bonds. The second-order valence-corrected chi connectivity index (χ2v) is 21.8. The summed E-state index contributed by atoms with van der Waals surface area (Å²) in [6, 6.07) is 9.50. The highest BCUT2D eigenvalue weighted by Gasteiger charge is 2.61. The zero-order valence-corrected chi connectivity index (χ0v) is 28.8. The fourth-order valence-electron chi connectivity index (χ4n) is 10.0. The van der Waals surface area contributed by atoms with E-state index in [2.05, 4.69) is 74.6 Å². The van der Waals surface area contributed by atoms with Crippen LogP contribution in [0.1, 0.15) is 111 Å². The molecule has 1 aromatic carbocycles. The Morgan fingerprint density at radius 3 is 2.32 bits per heavy atom. The van der Waals surface area contributed by atoms with Crippen LogP contribution in [0.15, 0.2) is 42.0 Å². The van der Waals surface area contributed by atoms with E-state index < -0.39 is 8.32 Å². The summed E-state index contributed by atoms with van der Waals surface area (Å²) >= 11 is 0. The van der Waals surface area contributed by atoms with E-state index in [0.717, 1.165) is 43.1 Å². The molecule has 0 spiro atoms. The molecule has 5 rings (SSSR count). The van der Waals surface area contributed by atoms with Crippen molar-refractivity contribution >= 4 is 14.3 Å². The lowest BCUT2D eigenvalue weighted by molar-refractivity contribution is -0.0837. The first kappa shape index (κ1) is 31.0. The highest BCUT2D eigenvalue weighted by molar-refractivity contribution is 6.74. The van der Waals surface area contributed by atoms with Crippen LogP contribution in [-0.2, 0) is 9.16 Å². The molecule has 0 radical (unpaired) electrons. The Hall–Kier alpha value is -1.39. The van der Waals surface area contributed by atoms with Gasteiger partial charge in [-0.05, 0) is 116 Å². The van der Waals surface area contributed by atoms with Crippen LogP contribution < -0.4 is 0 Å². The third kappa shape index (κ3) is 5.21. The maximum absolute atomic E-state index is 13.0. The highest BCUT2D eigenvalue weighted by atomic mass is 28.4. The van der Waals surface area contributed by atoms with Crippen LogP contribution in [0, 0.1) is 45.8 Å². The second kappa shape index (κ2) is 10.6. The summed E-state index contributed by atoms with van der Waals surface area (Å²) in [5.41, 5.74) is 2.71. The largest absolute Gasteiger partial charge is 0.458 e. The van der Waals surface area contributed by atoms with E-state index in [1.54, 1.807) is 5.57 Å². The molecule has 41 heavy (non-hydrogen) atoms. The zero-order chi connectivity index (χ0) is 30.0. The summed E-state index contributed by atoms with van der Waals surface area (Å²) in [6.45, 7) is 25.2. The molecule has 0 bridgehead atoms. The third-order valence-corrected chi connectivity index (χ3v) is 17.9. The van der Waals surface area contributed by atoms with Gasteiger partial charge in [0, 0.05) is 12.0 Å². The number of esters is 1. The lowest BCUT2D eigenvalue weighted by Gasteiger charge is -2.61. The van der Waals surface area contributed by atoms with Crippen molar-refractivity contribution in [1.29, 1.82) is 0 Å². The smallest absolute Gasteiger partial charge is 0.338 e. The van der Waals surface area contributed by atoms with E-state index in [1.807, 2.05) is 30.3 Å². The number of hydrogen-bond donors (Lipinski definition) is 0. The lowest BCUT2D eigenvalue weighted by atomic mass is 9.44. The Morgan fingerprint density at radius 2 is 1.66 bits per heavy atom. The van der Waals surface area contributed by atoms with Gasteiger partial charge in [0.05, 0.1) is 5.56 Å². The van der Waals surface area contributed by atoms with Crippen LogP contribution in [-0.4, -0.2) is 27.0 Å². The van der Waals surface area contributed by atoms with Crippen LogP contribution in [0.25, 0.3) is 0 Å². The molecule has 3 fully saturated rings. The van der Waals surface area contributed by atoms with E-state index in [9.17, 15) is 4.79 Å². The predicted octanol–water partition coefficient (Wildman–Crippen LogP) is 10.1. The SMILES string of the molecule is C[C@H](CO[Si](C)(C)C(C)(C)C)[C@H]1CC[C@H]2[C@@H]3CC=C4C(C)(C)[C@@H](OC(=O)c5ccccc5)CC[C@]4(C)[C@H]3CC[C@]12C. The average Bonchev–Trinajstić information content (AvgIpc) is 3.26. The average molecular weight is 579 g/mol. The number of carbonyl (C=O) groups is 1. The predicted molar refractivity (Wildman–Crippen MR) is 172 cm³/mol. The van der Waals surface area contributed by atoms with Gasteiger partial charge in [0.25, 0.3) is 0 Å². The molecule has 3 nitrogen and oxygen atoms in total. The minimum atomic E-state index is -1.73. The van der Waals surface area contributed by atoms with E-state index in [-0.39, 0.29) is 27.9 Å². The molecular weight excluding hydrogens is 520 g/mol. The molecule has 4 aliphatic rings. The maximum Gasteiger partial charge on any atom is 0.338 e. The minimum absolute atomic E-state index is 0.0717. The molecule has 3 saturated carbocycles. The Balaban J connectivity index is 1.31. The van der Waals surface area contributed by atoms with E-state index >= 15 is 0 Å². The van der Waals surface area contributed by atoms with Crippen molar-refractivity contribution in [1.82, 2.24) is 0 Å². The Kier molecular flexibility index (Phi) is 8.06. The highest BCUT2D eigenvalue weighted by Crippen LogP contribution is 2.69. The number of allylic oxidation sites excluding steroid dienone is 1. The summed E-state index contributed by atoms with van der Waals surface area (Å²) in [4.78, 5) is 13.0. The molecule has 0 saturated heterocycles. The normalized spacial score (nSPS) is 37.3. The van der Waals surface area contributed by atoms with Gasteiger partial charge in [-0.15, -0.1) is 0 Å². The van der Waals surface area contributed by atoms with Gasteiger partial charge >= 0.3 is 5.97 Å². The first-order valence-corrected chi connectivity index (χ1v) is 19.5. The topological polar surface area (TPSA) is 35.5 Å². The third-order valence-electron chi connectivity index (χ3n) is 13.4. The fourth-order valence-corrected chi connectivity index (χ4v) is 11.1. The van der Waals surface area contributed by atoms with Gasteiger partial charge in [0.15, 0.2) is 8.32 Å². The first-order valence-electron chi connectivity index (χ1n) is 16.6. The number of rotatable bonds is 6. The number of ether oxygens (including phenoxy) is 1. The quantitative estimate of drug-likeness (QED) is 0.191. The van der Waals surface area contributed by atoms with Crippen LogP contribution in [0.5, 0.6) is 0 Å². The van der Waals surface area contributed by atoms with Crippen LogP contribution >= 0.6 is 0 Å². The molecule has 0 unspecified atom stereocenters. The van der Waals surface area contributed by atoms with Crippen LogP contribution in [0.4, 0.5) is 0 Å². The van der Waals surface area contributed by atoms with Gasteiger partial charge in [-0.2, -0.15) is 0 Å². The maximum atomic E-state index is 13.0. The second-order valence-electron chi connectivity index (χ2n) is 16.9. The lowest BCUT2D eigenvalue weighted by Crippen LogP contribution is -2.55. The van der Waals surface area contributed by atoms with Gasteiger partial charge < -0.3 is 9.16 Å². The molecule has 4 aliphatic carbocycles. The molecule has 4 heteroatoms. The monoisotopic (exact) mass is 578 g/mol. The summed E-state index contributed by atoms with van der Waals surface area (Å²) in [6.07, 6.45) is 11.3. The Labute approximate surface area is 252 Å². The van der Waals surface area contributed by atoms with Crippen LogP contribution in [0.2, 0.25) is 18.1 Å². The Bertz CT molecular complexity index is 1150. The van der Waals surface area contributed by atoms with Gasteiger partial charge in [0.1, 0.15) is 6.10 Å². The number of hydrogen-bond acceptors (Lipinski definition) is 3. The van der Waals surface area contributed by atoms with Crippen molar-refractivity contribution < 1.29 is 14.0 Å². The Morgan fingerprint density at radius 1 is 0.976 bits per heavy atom. The summed E-state index contributed by atoms with van der Waals surface area (Å²) in [7, 11) is -1.73. The van der Waals surface area contributed by atoms with Crippen LogP contribution in [0.3, 0.4) is 0 Å². The van der Waals surface area contributed by atoms with Crippen molar-refractivity contribution in [3.63, 3.8) is 0 Å². The molecule has 0 N–H and O–H groups in total. The van der Waals surface area contributed by atoms with E-state index in [1.165, 1.54) is 32.1 Å². The van der Waals surface area contributed by atoms with Crippen molar-refractivity contribution in [2.45, 2.75) is 125 Å². The van der Waals surface area contributed by atoms with E-state index in [0.29, 0.717) is 16.9 Å².